The lowest BCUT2D eigenvalue weighted by molar-refractivity contribution is 0.102. The van der Waals surface area contributed by atoms with Crippen molar-refractivity contribution in [3.8, 4) is 5.69 Å². The summed E-state index contributed by atoms with van der Waals surface area (Å²) in [5.74, 6) is 0.356. The Bertz CT molecular complexity index is 870. The van der Waals surface area contributed by atoms with E-state index in [1.54, 1.807) is 12.1 Å². The molecule has 0 atom stereocenters. The highest BCUT2D eigenvalue weighted by atomic mass is 79.9. The van der Waals surface area contributed by atoms with Gasteiger partial charge in [-0.1, -0.05) is 34.1 Å². The van der Waals surface area contributed by atoms with E-state index in [2.05, 4.69) is 32.4 Å². The zero-order chi connectivity index (χ0) is 16.4. The zero-order valence-corrected chi connectivity index (χ0v) is 14.5. The maximum absolute atomic E-state index is 12.3. The third-order valence-electron chi connectivity index (χ3n) is 3.46. The first-order valence-corrected chi connectivity index (χ1v) is 8.03. The highest BCUT2D eigenvalue weighted by molar-refractivity contribution is 9.10. The van der Waals surface area contributed by atoms with E-state index in [-0.39, 0.29) is 5.91 Å². The number of hydrogen-bond donors (Lipinski definition) is 1. The van der Waals surface area contributed by atoms with Gasteiger partial charge in [0.15, 0.2) is 5.82 Å². The molecule has 0 aliphatic carbocycles. The van der Waals surface area contributed by atoms with Crippen LogP contribution in [0.4, 0.5) is 5.82 Å². The van der Waals surface area contributed by atoms with Gasteiger partial charge in [-0.15, -0.1) is 5.10 Å². The van der Waals surface area contributed by atoms with Crippen molar-refractivity contribution in [3.05, 3.63) is 75.9 Å². The molecule has 0 aliphatic heterocycles. The number of aryl methyl sites for hydroxylation is 2. The summed E-state index contributed by atoms with van der Waals surface area (Å²) < 4.78 is 2.69. The van der Waals surface area contributed by atoms with Crippen molar-refractivity contribution in [2.45, 2.75) is 13.8 Å². The molecular formula is C18H16BrN3O. The average molecular weight is 370 g/mol. The van der Waals surface area contributed by atoms with E-state index in [4.69, 9.17) is 0 Å². The molecule has 1 N–H and O–H groups in total. The number of aromatic nitrogens is 2. The van der Waals surface area contributed by atoms with Gasteiger partial charge < -0.3 is 5.32 Å². The fourth-order valence-electron chi connectivity index (χ4n) is 2.37. The Morgan fingerprint density at radius 3 is 2.61 bits per heavy atom. The summed E-state index contributed by atoms with van der Waals surface area (Å²) in [7, 11) is 0. The van der Waals surface area contributed by atoms with Gasteiger partial charge in [0.25, 0.3) is 5.91 Å². The Hall–Kier alpha value is -2.40. The first-order chi connectivity index (χ1) is 11.0. The van der Waals surface area contributed by atoms with Crippen LogP contribution in [0.5, 0.6) is 0 Å². The number of halogens is 1. The predicted octanol–water partition coefficient (Wildman–Crippen LogP) is 4.50. The summed E-state index contributed by atoms with van der Waals surface area (Å²) in [6, 6.07) is 17.2. The lowest BCUT2D eigenvalue weighted by Gasteiger charge is -2.05. The van der Waals surface area contributed by atoms with E-state index in [0.29, 0.717) is 11.4 Å². The summed E-state index contributed by atoms with van der Waals surface area (Å²) in [5.41, 5.74) is 3.69. The predicted molar refractivity (Wildman–Crippen MR) is 95.1 cm³/mol. The Balaban J connectivity index is 1.85. The third-order valence-corrected chi connectivity index (χ3v) is 3.96. The smallest absolute Gasteiger partial charge is 0.256 e. The van der Waals surface area contributed by atoms with Crippen LogP contribution in [0, 0.1) is 13.8 Å². The molecule has 0 radical (unpaired) electrons. The summed E-state index contributed by atoms with van der Waals surface area (Å²) >= 11 is 3.37. The molecule has 0 saturated carbocycles. The summed E-state index contributed by atoms with van der Waals surface area (Å²) in [6.45, 7) is 4.00. The second-order valence-corrected chi connectivity index (χ2v) is 6.30. The standard InChI is InChI=1S/C18H16BrN3O/c1-12-5-3-8-16(9-12)22-13(2)10-17(21-22)20-18(23)14-6-4-7-15(19)11-14/h3-11H,1-2H3,(H,20,21,23). The second-order valence-electron chi connectivity index (χ2n) is 5.39. The van der Waals surface area contributed by atoms with Crippen LogP contribution in [-0.2, 0) is 0 Å². The fourth-order valence-corrected chi connectivity index (χ4v) is 2.77. The molecule has 1 aromatic heterocycles. The van der Waals surface area contributed by atoms with Crippen LogP contribution < -0.4 is 5.32 Å². The third kappa shape index (κ3) is 3.51. The number of amides is 1. The molecule has 23 heavy (non-hydrogen) atoms. The highest BCUT2D eigenvalue weighted by Gasteiger charge is 2.11. The summed E-state index contributed by atoms with van der Waals surface area (Å²) in [5, 5.41) is 7.32. The van der Waals surface area contributed by atoms with Crippen molar-refractivity contribution in [2.75, 3.05) is 5.32 Å². The van der Waals surface area contributed by atoms with Gasteiger partial charge in [-0.25, -0.2) is 4.68 Å². The monoisotopic (exact) mass is 369 g/mol. The second kappa shape index (κ2) is 6.38. The zero-order valence-electron chi connectivity index (χ0n) is 12.9. The lowest BCUT2D eigenvalue weighted by Crippen LogP contribution is -2.12. The molecular weight excluding hydrogens is 354 g/mol. The van der Waals surface area contributed by atoms with E-state index in [1.807, 2.05) is 54.9 Å². The molecule has 0 saturated heterocycles. The average Bonchev–Trinajstić information content (AvgIpc) is 2.88. The van der Waals surface area contributed by atoms with Crippen molar-refractivity contribution >= 4 is 27.7 Å². The number of benzene rings is 2. The molecule has 1 amide bonds. The number of rotatable bonds is 3. The van der Waals surface area contributed by atoms with E-state index in [9.17, 15) is 4.79 Å². The van der Waals surface area contributed by atoms with E-state index < -0.39 is 0 Å². The fraction of sp³-hybridized carbons (Fsp3) is 0.111. The number of nitrogens with one attached hydrogen (secondary N) is 1. The Kier molecular flexibility index (Phi) is 4.30. The van der Waals surface area contributed by atoms with Crippen molar-refractivity contribution in [1.29, 1.82) is 0 Å². The van der Waals surface area contributed by atoms with E-state index >= 15 is 0 Å². The van der Waals surface area contributed by atoms with Crippen molar-refractivity contribution in [1.82, 2.24) is 9.78 Å². The van der Waals surface area contributed by atoms with Crippen LogP contribution in [0.25, 0.3) is 5.69 Å². The van der Waals surface area contributed by atoms with Crippen LogP contribution in [0.2, 0.25) is 0 Å². The minimum Gasteiger partial charge on any atom is -0.305 e. The Morgan fingerprint density at radius 1 is 1.09 bits per heavy atom. The quantitative estimate of drug-likeness (QED) is 0.738. The van der Waals surface area contributed by atoms with Crippen LogP contribution in [0.15, 0.2) is 59.1 Å². The SMILES string of the molecule is Cc1cccc(-n2nc(NC(=O)c3cccc(Br)c3)cc2C)c1. The normalized spacial score (nSPS) is 10.6. The van der Waals surface area contributed by atoms with E-state index in [0.717, 1.165) is 21.4 Å². The molecule has 116 valence electrons. The summed E-state index contributed by atoms with van der Waals surface area (Å²) in [4.78, 5) is 12.3. The summed E-state index contributed by atoms with van der Waals surface area (Å²) in [6.07, 6.45) is 0. The van der Waals surface area contributed by atoms with Crippen LogP contribution in [0.1, 0.15) is 21.6 Å². The molecule has 2 aromatic carbocycles. The number of anilines is 1. The van der Waals surface area contributed by atoms with Crippen molar-refractivity contribution in [2.24, 2.45) is 0 Å². The minimum absolute atomic E-state index is 0.180. The first kappa shape index (κ1) is 15.5. The largest absolute Gasteiger partial charge is 0.305 e. The number of hydrogen-bond acceptors (Lipinski definition) is 2. The number of carbonyl (C=O) groups is 1. The minimum atomic E-state index is -0.180. The molecule has 3 rings (SSSR count). The molecule has 1 heterocycles. The molecule has 0 aliphatic rings. The molecule has 0 bridgehead atoms. The number of nitrogens with zero attached hydrogens (tertiary/aromatic N) is 2. The van der Waals surface area contributed by atoms with Crippen LogP contribution >= 0.6 is 15.9 Å². The maximum atomic E-state index is 12.3. The van der Waals surface area contributed by atoms with Gasteiger partial charge in [0.05, 0.1) is 5.69 Å². The Morgan fingerprint density at radius 2 is 1.87 bits per heavy atom. The van der Waals surface area contributed by atoms with Crippen LogP contribution in [-0.4, -0.2) is 15.7 Å². The molecule has 5 heteroatoms. The van der Waals surface area contributed by atoms with Crippen molar-refractivity contribution in [3.63, 3.8) is 0 Å². The Labute approximate surface area is 143 Å². The van der Waals surface area contributed by atoms with E-state index in [1.165, 1.54) is 0 Å². The topological polar surface area (TPSA) is 46.9 Å². The molecule has 3 aromatic rings. The molecule has 0 spiro atoms. The highest BCUT2D eigenvalue weighted by Crippen LogP contribution is 2.18. The van der Waals surface area contributed by atoms with Gasteiger partial charge in [-0.3, -0.25) is 4.79 Å². The van der Waals surface area contributed by atoms with Gasteiger partial charge in [0.1, 0.15) is 0 Å². The molecule has 0 unspecified atom stereocenters. The van der Waals surface area contributed by atoms with Gasteiger partial charge in [-0.05, 0) is 49.7 Å². The maximum Gasteiger partial charge on any atom is 0.256 e. The molecule has 4 nitrogen and oxygen atoms in total. The lowest BCUT2D eigenvalue weighted by atomic mass is 10.2. The van der Waals surface area contributed by atoms with Gasteiger partial charge in [0, 0.05) is 21.8 Å². The number of carbonyl (C=O) groups excluding carboxylic acids is 1. The van der Waals surface area contributed by atoms with Gasteiger partial charge in [0.2, 0.25) is 0 Å². The molecule has 0 fully saturated rings. The van der Waals surface area contributed by atoms with Crippen LogP contribution in [0.3, 0.4) is 0 Å². The first-order valence-electron chi connectivity index (χ1n) is 7.23. The van der Waals surface area contributed by atoms with Gasteiger partial charge >= 0.3 is 0 Å². The van der Waals surface area contributed by atoms with Gasteiger partial charge in [-0.2, -0.15) is 0 Å². The van der Waals surface area contributed by atoms with Crippen molar-refractivity contribution < 1.29 is 4.79 Å².